The van der Waals surface area contributed by atoms with Gasteiger partial charge in [-0.05, 0) is 58.3 Å². The number of hydrogen-bond donors (Lipinski definition) is 4. The van der Waals surface area contributed by atoms with Crippen molar-refractivity contribution in [1.29, 1.82) is 0 Å². The standard InChI is InChI=1S/2C10H20N2O2.C7H16O3.C6H14.C5H11NO.C4H9NO/c2*1-8(12-10(3)14)6-4-5-7-11-9(2)13;1-8-4-7(5-9-2)6-10-3;1-4-6(3)5-2;1-4-5(7)6(2)3;1-4(6)5(2)3/h2*8H,4-7H2,1-3H3,(H,11,13)(H,12,14);7H,4-6H2,1-3H3;6H,4-5H2,1-3H3;4H2,1-3H3;1-3H3/t2*8-;;;;/m10..../s1. The molecular weight excluding hydrogens is 732 g/mol. The molecule has 0 fully saturated rings. The highest BCUT2D eigenvalue weighted by Gasteiger charge is 2.06. The topological polar surface area (TPSA) is 185 Å². The van der Waals surface area contributed by atoms with Gasteiger partial charge in [-0.2, -0.15) is 0 Å². The molecule has 0 saturated heterocycles. The van der Waals surface area contributed by atoms with E-state index in [1.807, 2.05) is 20.8 Å². The minimum atomic E-state index is 0.0133. The highest BCUT2D eigenvalue weighted by atomic mass is 16.5. The van der Waals surface area contributed by atoms with Crippen molar-refractivity contribution in [1.82, 2.24) is 31.1 Å². The average molecular weight is 823 g/mol. The van der Waals surface area contributed by atoms with E-state index in [0.29, 0.717) is 32.2 Å². The fourth-order valence-corrected chi connectivity index (χ4v) is 3.97. The molecule has 0 heterocycles. The first kappa shape index (κ1) is 65.5. The molecular formula is C42H90N6O9. The van der Waals surface area contributed by atoms with Gasteiger partial charge in [-0.25, -0.2) is 0 Å². The fourth-order valence-electron chi connectivity index (χ4n) is 3.97. The zero-order valence-corrected chi connectivity index (χ0v) is 39.8. The highest BCUT2D eigenvalue weighted by molar-refractivity contribution is 5.75. The van der Waals surface area contributed by atoms with Gasteiger partial charge in [-0.15, -0.1) is 0 Å². The minimum absolute atomic E-state index is 0.0133. The monoisotopic (exact) mass is 823 g/mol. The Morgan fingerprint density at radius 1 is 0.526 bits per heavy atom. The maximum absolute atomic E-state index is 10.7. The van der Waals surface area contributed by atoms with Crippen molar-refractivity contribution in [2.75, 3.05) is 82.4 Å². The molecule has 6 amide bonds. The van der Waals surface area contributed by atoms with Crippen LogP contribution in [0.5, 0.6) is 0 Å². The zero-order chi connectivity index (χ0) is 45.8. The van der Waals surface area contributed by atoms with Crippen molar-refractivity contribution in [3.63, 3.8) is 0 Å². The Hall–Kier alpha value is -3.30. The Labute approximate surface area is 349 Å². The number of carbonyl (C=O) groups is 6. The van der Waals surface area contributed by atoms with E-state index >= 15 is 0 Å². The Kier molecular flexibility index (Phi) is 56.2. The van der Waals surface area contributed by atoms with E-state index in [9.17, 15) is 28.8 Å². The molecule has 0 aromatic rings. The molecule has 0 aliphatic carbocycles. The average Bonchev–Trinajstić information content (AvgIpc) is 3.11. The van der Waals surface area contributed by atoms with E-state index in [4.69, 9.17) is 14.2 Å². The van der Waals surface area contributed by atoms with Crippen LogP contribution in [0.25, 0.3) is 0 Å². The van der Waals surface area contributed by atoms with Crippen molar-refractivity contribution < 1.29 is 43.0 Å². The number of nitrogens with zero attached hydrogens (tertiary/aromatic N) is 2. The van der Waals surface area contributed by atoms with Crippen molar-refractivity contribution >= 4 is 35.4 Å². The highest BCUT2D eigenvalue weighted by Crippen LogP contribution is 2.03. The first-order valence-corrected chi connectivity index (χ1v) is 20.4. The maximum Gasteiger partial charge on any atom is 0.221 e. The van der Waals surface area contributed by atoms with Gasteiger partial charge in [0.15, 0.2) is 0 Å². The lowest BCUT2D eigenvalue weighted by atomic mass is 10.1. The summed E-state index contributed by atoms with van der Waals surface area (Å²) in [5, 5.41) is 11.1. The second-order valence-electron chi connectivity index (χ2n) is 14.4. The van der Waals surface area contributed by atoms with Crippen LogP contribution in [0.3, 0.4) is 0 Å². The van der Waals surface area contributed by atoms with Crippen LogP contribution in [0.4, 0.5) is 0 Å². The molecule has 0 aromatic carbocycles. The third-order valence-corrected chi connectivity index (χ3v) is 7.81. The maximum atomic E-state index is 10.7. The number of carbonyl (C=O) groups excluding carboxylic acids is 6. The predicted octanol–water partition coefficient (Wildman–Crippen LogP) is 5.20. The van der Waals surface area contributed by atoms with Crippen LogP contribution in [0.15, 0.2) is 0 Å². The molecule has 0 spiro atoms. The molecule has 0 saturated carbocycles. The molecule has 0 radical (unpaired) electrons. The molecule has 0 bridgehead atoms. The summed E-state index contributed by atoms with van der Waals surface area (Å²) in [5.41, 5.74) is 0. The van der Waals surface area contributed by atoms with Crippen molar-refractivity contribution in [3.8, 4) is 0 Å². The van der Waals surface area contributed by atoms with Gasteiger partial charge in [0.05, 0.1) is 19.8 Å². The van der Waals surface area contributed by atoms with E-state index in [-0.39, 0.29) is 47.5 Å². The molecule has 0 aliphatic heterocycles. The Morgan fingerprint density at radius 2 is 0.842 bits per heavy atom. The molecule has 0 unspecified atom stereocenters. The summed E-state index contributed by atoms with van der Waals surface area (Å²) < 4.78 is 14.8. The number of hydrogen-bond acceptors (Lipinski definition) is 9. The summed E-state index contributed by atoms with van der Waals surface area (Å²) >= 11 is 0. The molecule has 0 rings (SSSR count). The van der Waals surface area contributed by atoms with E-state index in [1.54, 1.807) is 54.4 Å². The Balaban J connectivity index is -0.000000142. The molecule has 342 valence electrons. The smallest absolute Gasteiger partial charge is 0.221 e. The molecule has 4 N–H and O–H groups in total. The Morgan fingerprint density at radius 3 is 1.00 bits per heavy atom. The second kappa shape index (κ2) is 48.8. The van der Waals surface area contributed by atoms with Crippen LogP contribution in [0.1, 0.15) is 134 Å². The van der Waals surface area contributed by atoms with E-state index in [2.05, 4.69) is 42.0 Å². The largest absolute Gasteiger partial charge is 0.384 e. The van der Waals surface area contributed by atoms with Crippen LogP contribution >= 0.6 is 0 Å². The molecule has 0 aromatic heterocycles. The van der Waals surface area contributed by atoms with Gasteiger partial charge >= 0.3 is 0 Å². The quantitative estimate of drug-likeness (QED) is 0.113. The summed E-state index contributed by atoms with van der Waals surface area (Å²) in [6, 6.07) is 0.453. The number of unbranched alkanes of at least 4 members (excludes halogenated alkanes) is 2. The first-order chi connectivity index (χ1) is 26.5. The number of ether oxygens (including phenoxy) is 3. The van der Waals surface area contributed by atoms with Crippen LogP contribution in [0.2, 0.25) is 0 Å². The van der Waals surface area contributed by atoms with E-state index in [1.165, 1.54) is 52.4 Å². The van der Waals surface area contributed by atoms with Gasteiger partial charge in [-0.1, -0.05) is 40.5 Å². The van der Waals surface area contributed by atoms with Gasteiger partial charge in [0.2, 0.25) is 35.4 Å². The van der Waals surface area contributed by atoms with Gasteiger partial charge in [0.1, 0.15) is 0 Å². The van der Waals surface area contributed by atoms with E-state index in [0.717, 1.165) is 57.5 Å². The Bertz CT molecular complexity index is 908. The molecule has 0 aliphatic rings. The van der Waals surface area contributed by atoms with Gasteiger partial charge in [-0.3, -0.25) is 28.8 Å². The van der Waals surface area contributed by atoms with Crippen molar-refractivity contribution in [2.45, 2.75) is 146 Å². The lowest BCUT2D eigenvalue weighted by molar-refractivity contribution is -0.128. The van der Waals surface area contributed by atoms with Crippen LogP contribution in [-0.4, -0.2) is 140 Å². The number of methoxy groups -OCH3 is 3. The van der Waals surface area contributed by atoms with Gasteiger partial charge in [0.25, 0.3) is 0 Å². The second-order valence-corrected chi connectivity index (χ2v) is 14.4. The number of rotatable bonds is 21. The first-order valence-electron chi connectivity index (χ1n) is 20.4. The third kappa shape index (κ3) is 70.9. The van der Waals surface area contributed by atoms with Crippen LogP contribution in [-0.2, 0) is 43.0 Å². The lowest BCUT2D eigenvalue weighted by Crippen LogP contribution is -2.30. The summed E-state index contributed by atoms with van der Waals surface area (Å²) in [7, 11) is 12.0. The molecule has 15 heteroatoms. The molecule has 2 atom stereocenters. The SMILES string of the molecule is CC(=O)N(C)C.CC(=O)NCCCC[C@@H](C)NC(C)=O.CC(=O)NCCCC[C@H](C)NC(C)=O.CCC(=O)N(C)C.CCC(C)CC.COCC(COC)COC. The van der Waals surface area contributed by atoms with E-state index < -0.39 is 0 Å². The van der Waals surface area contributed by atoms with Crippen molar-refractivity contribution in [2.24, 2.45) is 11.8 Å². The fraction of sp³-hybridized carbons (Fsp3) is 0.857. The summed E-state index contributed by atoms with van der Waals surface area (Å²) in [4.78, 5) is 66.0. The normalized spacial score (nSPS) is 10.7. The number of amides is 6. The van der Waals surface area contributed by atoms with Crippen LogP contribution < -0.4 is 21.3 Å². The zero-order valence-electron chi connectivity index (χ0n) is 39.8. The summed E-state index contributed by atoms with van der Waals surface area (Å²) in [6.45, 7) is 23.7. The lowest BCUT2D eigenvalue weighted by Gasteiger charge is -2.12. The minimum Gasteiger partial charge on any atom is -0.384 e. The molecule has 15 nitrogen and oxygen atoms in total. The summed E-state index contributed by atoms with van der Waals surface area (Å²) in [6.07, 6.45) is 9.13. The van der Waals surface area contributed by atoms with Gasteiger partial charge < -0.3 is 45.3 Å². The summed E-state index contributed by atoms with van der Waals surface area (Å²) in [5.74, 6) is 1.62. The van der Waals surface area contributed by atoms with Crippen molar-refractivity contribution in [3.05, 3.63) is 0 Å². The predicted molar refractivity (Wildman–Crippen MR) is 234 cm³/mol. The molecule has 57 heavy (non-hydrogen) atoms. The third-order valence-electron chi connectivity index (χ3n) is 7.81. The number of nitrogens with one attached hydrogen (secondary N) is 4. The van der Waals surface area contributed by atoms with Gasteiger partial charge in [0, 0.05) is 122 Å². The van der Waals surface area contributed by atoms with Crippen LogP contribution in [0, 0.1) is 11.8 Å².